The molecular weight excluding hydrogens is 228 g/mol. The van der Waals surface area contributed by atoms with Gasteiger partial charge in [-0.05, 0) is 36.0 Å². The van der Waals surface area contributed by atoms with Gasteiger partial charge in [-0.15, -0.1) is 0 Å². The Morgan fingerprint density at radius 1 is 0.632 bits per heavy atom. The lowest BCUT2D eigenvalue weighted by Crippen LogP contribution is -2.24. The summed E-state index contributed by atoms with van der Waals surface area (Å²) in [5.74, 6) is 4.49. The van der Waals surface area contributed by atoms with Gasteiger partial charge >= 0.3 is 0 Å². The number of unbranched alkanes of at least 4 members (excludes halogenated alkanes) is 1. The van der Waals surface area contributed by atoms with Gasteiger partial charge in [0.2, 0.25) is 0 Å². The second kappa shape index (κ2) is 10.7. The minimum absolute atomic E-state index is 0.861. The molecule has 0 nitrogen and oxygen atoms in total. The van der Waals surface area contributed by atoms with Crippen LogP contribution in [0.3, 0.4) is 0 Å². The SMILES string of the molecule is CCCC[C@H](C)C(C)C(C)C(CCC)CCC(C)C. The Morgan fingerprint density at radius 3 is 1.74 bits per heavy atom. The van der Waals surface area contributed by atoms with Crippen LogP contribution < -0.4 is 0 Å². The average molecular weight is 269 g/mol. The highest BCUT2D eigenvalue weighted by molar-refractivity contribution is 4.75. The van der Waals surface area contributed by atoms with Gasteiger partial charge in [0.05, 0.1) is 0 Å². The first-order valence-electron chi connectivity index (χ1n) is 8.93. The molecule has 0 aliphatic heterocycles. The van der Waals surface area contributed by atoms with Crippen molar-refractivity contribution in [3.05, 3.63) is 0 Å². The van der Waals surface area contributed by atoms with E-state index in [2.05, 4.69) is 48.5 Å². The standard InChI is InChI=1S/C19H40/c1-8-10-12-16(5)17(6)18(7)19(11-9-2)14-13-15(3)4/h15-19H,8-14H2,1-7H3/t16-,17?,18?,19?/m0/s1. The average Bonchev–Trinajstić information content (AvgIpc) is 2.38. The van der Waals surface area contributed by atoms with Crippen LogP contribution in [-0.2, 0) is 0 Å². The topological polar surface area (TPSA) is 0 Å². The maximum Gasteiger partial charge on any atom is -0.0386 e. The van der Waals surface area contributed by atoms with Crippen molar-refractivity contribution in [2.24, 2.45) is 29.6 Å². The maximum atomic E-state index is 2.52. The summed E-state index contributed by atoms with van der Waals surface area (Å²) in [6, 6.07) is 0. The highest BCUT2D eigenvalue weighted by Gasteiger charge is 2.25. The van der Waals surface area contributed by atoms with Crippen molar-refractivity contribution in [3.8, 4) is 0 Å². The molecule has 0 heteroatoms. The van der Waals surface area contributed by atoms with Crippen LogP contribution in [-0.4, -0.2) is 0 Å². The van der Waals surface area contributed by atoms with Gasteiger partial charge in [0, 0.05) is 0 Å². The zero-order chi connectivity index (χ0) is 14.8. The zero-order valence-electron chi connectivity index (χ0n) is 14.8. The fourth-order valence-corrected chi connectivity index (χ4v) is 3.32. The lowest BCUT2D eigenvalue weighted by atomic mass is 9.73. The van der Waals surface area contributed by atoms with Crippen LogP contribution in [0.5, 0.6) is 0 Å². The monoisotopic (exact) mass is 268 g/mol. The van der Waals surface area contributed by atoms with Crippen molar-refractivity contribution in [2.75, 3.05) is 0 Å². The van der Waals surface area contributed by atoms with Crippen molar-refractivity contribution in [1.82, 2.24) is 0 Å². The van der Waals surface area contributed by atoms with E-state index in [0.29, 0.717) is 0 Å². The predicted octanol–water partition coefficient (Wildman–Crippen LogP) is 6.94. The Hall–Kier alpha value is 0. The zero-order valence-corrected chi connectivity index (χ0v) is 14.8. The third kappa shape index (κ3) is 8.00. The van der Waals surface area contributed by atoms with Crippen LogP contribution in [0.2, 0.25) is 0 Å². The van der Waals surface area contributed by atoms with Crippen LogP contribution in [0.1, 0.15) is 93.4 Å². The molecule has 0 aromatic rings. The third-order valence-corrected chi connectivity index (χ3v) is 5.26. The molecule has 0 spiro atoms. The molecule has 0 rings (SSSR count). The molecule has 19 heavy (non-hydrogen) atoms. The summed E-state index contributed by atoms with van der Waals surface area (Å²) >= 11 is 0. The quantitative estimate of drug-likeness (QED) is 0.381. The van der Waals surface area contributed by atoms with Gasteiger partial charge < -0.3 is 0 Å². The van der Waals surface area contributed by atoms with Crippen molar-refractivity contribution in [2.45, 2.75) is 93.4 Å². The molecule has 0 aromatic carbocycles. The minimum atomic E-state index is 0.861. The fraction of sp³-hybridized carbons (Fsp3) is 1.00. The summed E-state index contributed by atoms with van der Waals surface area (Å²) in [7, 11) is 0. The Bertz CT molecular complexity index is 194. The molecule has 0 aliphatic carbocycles. The van der Waals surface area contributed by atoms with Crippen LogP contribution in [0.4, 0.5) is 0 Å². The molecule has 0 aliphatic rings. The smallest absolute Gasteiger partial charge is 0.0386 e. The minimum Gasteiger partial charge on any atom is -0.0654 e. The Morgan fingerprint density at radius 2 is 1.26 bits per heavy atom. The first-order chi connectivity index (χ1) is 8.93. The highest BCUT2D eigenvalue weighted by atomic mass is 14.3. The second-order valence-corrected chi connectivity index (χ2v) is 7.36. The lowest BCUT2D eigenvalue weighted by Gasteiger charge is -2.33. The lowest BCUT2D eigenvalue weighted by molar-refractivity contribution is 0.170. The van der Waals surface area contributed by atoms with E-state index in [0.717, 1.165) is 29.6 Å². The third-order valence-electron chi connectivity index (χ3n) is 5.26. The molecule has 0 bridgehead atoms. The first kappa shape index (κ1) is 19.0. The summed E-state index contributed by atoms with van der Waals surface area (Å²) in [4.78, 5) is 0. The van der Waals surface area contributed by atoms with Crippen molar-refractivity contribution < 1.29 is 0 Å². The highest BCUT2D eigenvalue weighted by Crippen LogP contribution is 2.35. The molecule has 116 valence electrons. The van der Waals surface area contributed by atoms with E-state index in [9.17, 15) is 0 Å². The van der Waals surface area contributed by atoms with Crippen LogP contribution in [0, 0.1) is 29.6 Å². The van der Waals surface area contributed by atoms with Gasteiger partial charge in [0.25, 0.3) is 0 Å². The van der Waals surface area contributed by atoms with E-state index >= 15 is 0 Å². The van der Waals surface area contributed by atoms with Gasteiger partial charge in [-0.3, -0.25) is 0 Å². The van der Waals surface area contributed by atoms with Crippen LogP contribution >= 0.6 is 0 Å². The van der Waals surface area contributed by atoms with E-state index in [4.69, 9.17) is 0 Å². The number of rotatable bonds is 11. The van der Waals surface area contributed by atoms with Gasteiger partial charge in [0.1, 0.15) is 0 Å². The van der Waals surface area contributed by atoms with Gasteiger partial charge in [-0.25, -0.2) is 0 Å². The molecule has 4 atom stereocenters. The Kier molecular flexibility index (Phi) is 10.7. The molecule has 0 saturated carbocycles. The maximum absolute atomic E-state index is 2.52. The van der Waals surface area contributed by atoms with E-state index in [-0.39, 0.29) is 0 Å². The van der Waals surface area contributed by atoms with Crippen LogP contribution in [0.15, 0.2) is 0 Å². The van der Waals surface area contributed by atoms with Crippen molar-refractivity contribution >= 4 is 0 Å². The summed E-state index contributed by atoms with van der Waals surface area (Å²) < 4.78 is 0. The van der Waals surface area contributed by atoms with Crippen LogP contribution in [0.25, 0.3) is 0 Å². The number of hydrogen-bond acceptors (Lipinski definition) is 0. The largest absolute Gasteiger partial charge is 0.0654 e. The molecule has 0 N–H and O–H groups in total. The van der Waals surface area contributed by atoms with E-state index in [1.54, 1.807) is 0 Å². The molecule has 0 radical (unpaired) electrons. The Labute approximate surface area is 123 Å². The predicted molar refractivity (Wildman–Crippen MR) is 89.5 cm³/mol. The normalized spacial score (nSPS) is 18.3. The summed E-state index contributed by atoms with van der Waals surface area (Å²) in [5.41, 5.74) is 0. The molecular formula is C19H40. The van der Waals surface area contributed by atoms with Gasteiger partial charge in [-0.1, -0.05) is 87.0 Å². The number of hydrogen-bond donors (Lipinski definition) is 0. The van der Waals surface area contributed by atoms with Gasteiger partial charge in [-0.2, -0.15) is 0 Å². The Balaban J connectivity index is 4.37. The molecule has 0 aromatic heterocycles. The molecule has 0 fully saturated rings. The van der Waals surface area contributed by atoms with Gasteiger partial charge in [0.15, 0.2) is 0 Å². The van der Waals surface area contributed by atoms with E-state index < -0.39 is 0 Å². The molecule has 0 saturated heterocycles. The van der Waals surface area contributed by atoms with E-state index in [1.807, 2.05) is 0 Å². The summed E-state index contributed by atoms with van der Waals surface area (Å²) in [6.07, 6.45) is 9.80. The summed E-state index contributed by atoms with van der Waals surface area (Å²) in [5, 5.41) is 0. The molecule has 0 amide bonds. The van der Waals surface area contributed by atoms with Crippen molar-refractivity contribution in [3.63, 3.8) is 0 Å². The fourth-order valence-electron chi connectivity index (χ4n) is 3.32. The van der Waals surface area contributed by atoms with Crippen molar-refractivity contribution in [1.29, 1.82) is 0 Å². The second-order valence-electron chi connectivity index (χ2n) is 7.36. The first-order valence-corrected chi connectivity index (χ1v) is 8.93. The van der Waals surface area contributed by atoms with E-state index in [1.165, 1.54) is 44.9 Å². The summed E-state index contributed by atoms with van der Waals surface area (Å²) in [6.45, 7) is 16.9. The molecule has 0 heterocycles. The molecule has 3 unspecified atom stereocenters.